The number of thioether (sulfide) groups is 2. The molecule has 0 bridgehead atoms. The molecule has 0 aliphatic carbocycles. The van der Waals surface area contributed by atoms with E-state index in [0.717, 1.165) is 31.3 Å². The monoisotopic (exact) mass is 452 g/mol. The van der Waals surface area contributed by atoms with Crippen LogP contribution in [0.25, 0.3) is 0 Å². The van der Waals surface area contributed by atoms with Crippen LogP contribution in [-0.2, 0) is 0 Å². The summed E-state index contributed by atoms with van der Waals surface area (Å²) in [6.07, 6.45) is 0. The minimum absolute atomic E-state index is 0.870. The Kier molecular flexibility index (Phi) is 7.59. The standard InChI is InChI=1S/C28H24N2S2/c1-21-13-17-23(18-14-21)29-27(31-25-9-5-3-6-10-25)28(32-26-11-7-4-8-12-26)30-24-19-15-22(2)16-20-24/h3-20H,1-2H3. The number of benzene rings is 4. The lowest BCUT2D eigenvalue weighted by Crippen LogP contribution is -2.06. The summed E-state index contributed by atoms with van der Waals surface area (Å²) in [5.74, 6) is 0. The molecule has 4 aromatic rings. The molecule has 158 valence electrons. The summed E-state index contributed by atoms with van der Waals surface area (Å²) in [5.41, 5.74) is 4.26. The van der Waals surface area contributed by atoms with Crippen LogP contribution < -0.4 is 0 Å². The quantitative estimate of drug-likeness (QED) is 0.176. The summed E-state index contributed by atoms with van der Waals surface area (Å²) in [6, 6.07) is 37.2. The molecule has 0 aromatic heterocycles. The van der Waals surface area contributed by atoms with Gasteiger partial charge in [0.2, 0.25) is 0 Å². The molecular weight excluding hydrogens is 428 g/mol. The highest BCUT2D eigenvalue weighted by atomic mass is 32.2. The Morgan fingerprint density at radius 3 is 1.16 bits per heavy atom. The minimum Gasteiger partial charge on any atom is -0.239 e. The fraction of sp³-hybridized carbons (Fsp3) is 0.0714. The average Bonchev–Trinajstić information content (AvgIpc) is 2.82. The van der Waals surface area contributed by atoms with Crippen LogP contribution in [0.2, 0.25) is 0 Å². The number of aryl methyl sites for hydroxylation is 2. The van der Waals surface area contributed by atoms with E-state index >= 15 is 0 Å². The van der Waals surface area contributed by atoms with Gasteiger partial charge in [-0.1, -0.05) is 95.3 Å². The molecule has 32 heavy (non-hydrogen) atoms. The molecule has 0 aliphatic rings. The smallest absolute Gasteiger partial charge is 0.134 e. The van der Waals surface area contributed by atoms with Crippen LogP contribution in [0.15, 0.2) is 129 Å². The second-order valence-electron chi connectivity index (χ2n) is 7.34. The predicted octanol–water partition coefficient (Wildman–Crippen LogP) is 8.65. The van der Waals surface area contributed by atoms with Gasteiger partial charge in [-0.25, -0.2) is 9.98 Å². The van der Waals surface area contributed by atoms with Gasteiger partial charge in [0.15, 0.2) is 0 Å². The van der Waals surface area contributed by atoms with Gasteiger partial charge in [-0.3, -0.25) is 0 Å². The van der Waals surface area contributed by atoms with Crippen molar-refractivity contribution < 1.29 is 0 Å². The maximum absolute atomic E-state index is 5.03. The first-order valence-electron chi connectivity index (χ1n) is 10.4. The Morgan fingerprint density at radius 1 is 0.469 bits per heavy atom. The van der Waals surface area contributed by atoms with Crippen LogP contribution in [0, 0.1) is 13.8 Å². The minimum atomic E-state index is 0.870. The molecule has 0 unspecified atom stereocenters. The molecule has 4 aromatic carbocycles. The van der Waals surface area contributed by atoms with E-state index in [-0.39, 0.29) is 0 Å². The number of rotatable bonds is 4. The largest absolute Gasteiger partial charge is 0.239 e. The molecule has 4 heteroatoms. The summed E-state index contributed by atoms with van der Waals surface area (Å²) in [7, 11) is 0. The molecule has 0 spiro atoms. The van der Waals surface area contributed by atoms with E-state index in [1.165, 1.54) is 11.1 Å². The number of nitrogens with zero attached hydrogens (tertiary/aromatic N) is 2. The third-order valence-electron chi connectivity index (χ3n) is 4.63. The van der Waals surface area contributed by atoms with Gasteiger partial charge in [-0.05, 0) is 62.4 Å². The van der Waals surface area contributed by atoms with Crippen LogP contribution in [0.3, 0.4) is 0 Å². The molecule has 0 amide bonds. The van der Waals surface area contributed by atoms with Gasteiger partial charge in [0.25, 0.3) is 0 Å². The van der Waals surface area contributed by atoms with Crippen molar-refractivity contribution in [1.29, 1.82) is 0 Å². The lowest BCUT2D eigenvalue weighted by molar-refractivity contribution is 1.43. The Labute approximate surface area is 198 Å². The van der Waals surface area contributed by atoms with Crippen LogP contribution in [0.1, 0.15) is 11.1 Å². The first-order valence-corrected chi connectivity index (χ1v) is 12.1. The van der Waals surface area contributed by atoms with E-state index in [4.69, 9.17) is 9.98 Å². The molecular formula is C28H24N2S2. The highest BCUT2D eigenvalue weighted by Gasteiger charge is 2.15. The maximum atomic E-state index is 5.03. The second kappa shape index (κ2) is 11.0. The van der Waals surface area contributed by atoms with Gasteiger partial charge in [-0.2, -0.15) is 0 Å². The molecule has 0 saturated heterocycles. The SMILES string of the molecule is Cc1ccc(N=C(Sc2ccccc2)C(=Nc2ccc(C)cc2)Sc2ccccc2)cc1. The van der Waals surface area contributed by atoms with Crippen LogP contribution in [0.5, 0.6) is 0 Å². The van der Waals surface area contributed by atoms with Crippen molar-refractivity contribution in [2.75, 3.05) is 0 Å². The summed E-state index contributed by atoms with van der Waals surface area (Å²) in [4.78, 5) is 12.3. The van der Waals surface area contributed by atoms with Crippen molar-refractivity contribution in [3.05, 3.63) is 120 Å². The molecule has 0 saturated carbocycles. The third kappa shape index (κ3) is 6.46. The Bertz CT molecular complexity index is 1100. The molecule has 0 atom stereocenters. The van der Waals surface area contributed by atoms with Gasteiger partial charge in [0, 0.05) is 9.79 Å². The van der Waals surface area contributed by atoms with Crippen LogP contribution in [0.4, 0.5) is 11.4 Å². The van der Waals surface area contributed by atoms with E-state index in [1.807, 2.05) is 36.4 Å². The molecule has 0 heterocycles. The first-order chi connectivity index (χ1) is 15.7. The fourth-order valence-corrected chi connectivity index (χ4v) is 4.75. The molecule has 2 nitrogen and oxygen atoms in total. The lowest BCUT2D eigenvalue weighted by Gasteiger charge is -2.11. The molecule has 4 rings (SSSR count). The van der Waals surface area contributed by atoms with E-state index < -0.39 is 0 Å². The predicted molar refractivity (Wildman–Crippen MR) is 141 cm³/mol. The van der Waals surface area contributed by atoms with E-state index in [9.17, 15) is 0 Å². The third-order valence-corrected chi connectivity index (χ3v) is 6.73. The summed E-state index contributed by atoms with van der Waals surface area (Å²) < 4.78 is 0. The number of aliphatic imine (C=N–C) groups is 2. The van der Waals surface area contributed by atoms with Crippen molar-refractivity contribution in [3.63, 3.8) is 0 Å². The number of hydrogen-bond acceptors (Lipinski definition) is 4. The van der Waals surface area contributed by atoms with Gasteiger partial charge < -0.3 is 0 Å². The Hall–Kier alpha value is -3.08. The van der Waals surface area contributed by atoms with Crippen molar-refractivity contribution in [1.82, 2.24) is 0 Å². The average molecular weight is 453 g/mol. The van der Waals surface area contributed by atoms with E-state index in [0.29, 0.717) is 0 Å². The van der Waals surface area contributed by atoms with Crippen LogP contribution >= 0.6 is 23.5 Å². The Balaban J connectivity index is 1.80. The van der Waals surface area contributed by atoms with Gasteiger partial charge in [-0.15, -0.1) is 0 Å². The van der Waals surface area contributed by atoms with Crippen LogP contribution in [-0.4, -0.2) is 10.1 Å². The normalized spacial score (nSPS) is 12.1. The topological polar surface area (TPSA) is 24.7 Å². The highest BCUT2D eigenvalue weighted by Crippen LogP contribution is 2.31. The summed E-state index contributed by atoms with van der Waals surface area (Å²) in [5, 5.41) is 1.74. The molecule has 0 N–H and O–H groups in total. The maximum Gasteiger partial charge on any atom is 0.134 e. The van der Waals surface area contributed by atoms with Gasteiger partial charge in [0.1, 0.15) is 10.1 Å². The zero-order chi connectivity index (χ0) is 22.2. The van der Waals surface area contributed by atoms with Gasteiger partial charge >= 0.3 is 0 Å². The molecule has 0 fully saturated rings. The van der Waals surface area contributed by atoms with Crippen molar-refractivity contribution in [2.45, 2.75) is 23.6 Å². The molecule has 0 aliphatic heterocycles. The van der Waals surface area contributed by atoms with E-state index in [2.05, 4.69) is 86.6 Å². The number of hydrogen-bond donors (Lipinski definition) is 0. The Morgan fingerprint density at radius 2 is 0.812 bits per heavy atom. The van der Waals surface area contributed by atoms with Crippen molar-refractivity contribution in [3.8, 4) is 0 Å². The molecule has 0 radical (unpaired) electrons. The lowest BCUT2D eigenvalue weighted by atomic mass is 10.2. The van der Waals surface area contributed by atoms with Crippen molar-refractivity contribution in [2.24, 2.45) is 9.98 Å². The zero-order valence-electron chi connectivity index (χ0n) is 18.1. The fourth-order valence-electron chi connectivity index (χ4n) is 2.90. The zero-order valence-corrected chi connectivity index (χ0v) is 19.7. The highest BCUT2D eigenvalue weighted by molar-refractivity contribution is 8.25. The summed E-state index contributed by atoms with van der Waals surface area (Å²) in [6.45, 7) is 4.17. The first kappa shape index (κ1) is 22.1. The summed E-state index contributed by atoms with van der Waals surface area (Å²) >= 11 is 3.27. The second-order valence-corrected chi connectivity index (χ2v) is 9.46. The van der Waals surface area contributed by atoms with Crippen molar-refractivity contribution >= 4 is 45.0 Å². The van der Waals surface area contributed by atoms with E-state index in [1.54, 1.807) is 23.5 Å². The van der Waals surface area contributed by atoms with Gasteiger partial charge in [0.05, 0.1) is 11.4 Å².